The SMILES string of the molecule is O=CC1=COC2C(=C1)CSc1ccccc12. The van der Waals surface area contributed by atoms with Crippen LogP contribution in [0, 0.1) is 0 Å². The van der Waals surface area contributed by atoms with E-state index in [1.54, 1.807) is 18.0 Å². The van der Waals surface area contributed by atoms with Gasteiger partial charge in [-0.2, -0.15) is 0 Å². The predicted octanol–water partition coefficient (Wildman–Crippen LogP) is 2.87. The minimum atomic E-state index is 0.00106. The topological polar surface area (TPSA) is 26.3 Å². The fourth-order valence-corrected chi connectivity index (χ4v) is 3.07. The Morgan fingerprint density at radius 1 is 1.38 bits per heavy atom. The molecule has 2 nitrogen and oxygen atoms in total. The molecular formula is C13H10O2S. The molecule has 2 aliphatic rings. The van der Waals surface area contributed by atoms with E-state index in [2.05, 4.69) is 12.1 Å². The Morgan fingerprint density at radius 2 is 2.25 bits per heavy atom. The zero-order valence-electron chi connectivity index (χ0n) is 8.55. The van der Waals surface area contributed by atoms with Crippen LogP contribution in [0.5, 0.6) is 0 Å². The number of benzene rings is 1. The summed E-state index contributed by atoms with van der Waals surface area (Å²) in [7, 11) is 0. The molecule has 80 valence electrons. The number of thioether (sulfide) groups is 1. The van der Waals surface area contributed by atoms with Crippen molar-refractivity contribution in [2.45, 2.75) is 11.0 Å². The lowest BCUT2D eigenvalue weighted by molar-refractivity contribution is -0.104. The molecule has 1 aromatic carbocycles. The van der Waals surface area contributed by atoms with Crippen LogP contribution in [-0.2, 0) is 9.53 Å². The maximum absolute atomic E-state index is 10.7. The fraction of sp³-hybridized carbons (Fsp3) is 0.154. The first kappa shape index (κ1) is 9.73. The van der Waals surface area contributed by atoms with Crippen molar-refractivity contribution in [2.75, 3.05) is 5.75 Å². The molecule has 1 atom stereocenters. The van der Waals surface area contributed by atoms with Crippen LogP contribution >= 0.6 is 11.8 Å². The maximum Gasteiger partial charge on any atom is 0.153 e. The largest absolute Gasteiger partial charge is 0.488 e. The smallest absolute Gasteiger partial charge is 0.153 e. The number of carbonyl (C=O) groups excluding carboxylic acids is 1. The highest BCUT2D eigenvalue weighted by Gasteiger charge is 2.27. The van der Waals surface area contributed by atoms with Crippen LogP contribution in [0.15, 0.2) is 52.6 Å². The van der Waals surface area contributed by atoms with E-state index in [0.717, 1.165) is 12.0 Å². The second-order valence-corrected chi connectivity index (χ2v) is 4.81. The van der Waals surface area contributed by atoms with E-state index in [1.807, 2.05) is 18.2 Å². The van der Waals surface area contributed by atoms with E-state index in [9.17, 15) is 4.79 Å². The lowest BCUT2D eigenvalue weighted by Crippen LogP contribution is -2.15. The summed E-state index contributed by atoms with van der Waals surface area (Å²) in [6, 6.07) is 8.25. The predicted molar refractivity (Wildman–Crippen MR) is 63.2 cm³/mol. The quantitative estimate of drug-likeness (QED) is 0.694. The molecular weight excluding hydrogens is 220 g/mol. The van der Waals surface area contributed by atoms with E-state index in [-0.39, 0.29) is 6.10 Å². The van der Waals surface area contributed by atoms with Crippen molar-refractivity contribution < 1.29 is 9.53 Å². The molecule has 0 spiro atoms. The van der Waals surface area contributed by atoms with Gasteiger partial charge in [-0.1, -0.05) is 18.2 Å². The van der Waals surface area contributed by atoms with Crippen molar-refractivity contribution >= 4 is 18.0 Å². The maximum atomic E-state index is 10.7. The average Bonchev–Trinajstić information content (AvgIpc) is 2.38. The summed E-state index contributed by atoms with van der Waals surface area (Å²) in [6.07, 6.45) is 4.31. The van der Waals surface area contributed by atoms with E-state index in [0.29, 0.717) is 5.57 Å². The summed E-state index contributed by atoms with van der Waals surface area (Å²) in [4.78, 5) is 12.0. The van der Waals surface area contributed by atoms with Gasteiger partial charge in [0.1, 0.15) is 6.10 Å². The number of aldehydes is 1. The second kappa shape index (κ2) is 3.83. The molecule has 1 aromatic rings. The summed E-state index contributed by atoms with van der Waals surface area (Å²) in [5.74, 6) is 0.896. The Labute approximate surface area is 98.0 Å². The number of allylic oxidation sites excluding steroid dienone is 2. The molecule has 0 fully saturated rings. The van der Waals surface area contributed by atoms with Crippen molar-refractivity contribution in [3.63, 3.8) is 0 Å². The lowest BCUT2D eigenvalue weighted by atomic mass is 9.98. The van der Waals surface area contributed by atoms with Gasteiger partial charge in [0.15, 0.2) is 6.29 Å². The van der Waals surface area contributed by atoms with Crippen LogP contribution < -0.4 is 0 Å². The summed E-state index contributed by atoms with van der Waals surface area (Å²) in [5.41, 5.74) is 2.99. The van der Waals surface area contributed by atoms with Gasteiger partial charge >= 0.3 is 0 Å². The zero-order valence-corrected chi connectivity index (χ0v) is 9.37. The third-order valence-electron chi connectivity index (χ3n) is 2.76. The van der Waals surface area contributed by atoms with Gasteiger partial charge in [0.25, 0.3) is 0 Å². The van der Waals surface area contributed by atoms with Crippen LogP contribution in [-0.4, -0.2) is 12.0 Å². The van der Waals surface area contributed by atoms with Crippen LogP contribution in [0.1, 0.15) is 11.7 Å². The Morgan fingerprint density at radius 3 is 3.12 bits per heavy atom. The minimum absolute atomic E-state index is 0.00106. The Bertz CT molecular complexity index is 502. The molecule has 1 unspecified atom stereocenters. The van der Waals surface area contributed by atoms with Crippen molar-refractivity contribution in [1.82, 2.24) is 0 Å². The van der Waals surface area contributed by atoms with Gasteiger partial charge in [-0.05, 0) is 17.7 Å². The first-order valence-corrected chi connectivity index (χ1v) is 6.10. The van der Waals surface area contributed by atoms with Crippen molar-refractivity contribution in [3.05, 3.63) is 53.3 Å². The molecule has 3 heteroatoms. The third-order valence-corrected chi connectivity index (χ3v) is 3.92. The molecule has 3 rings (SSSR count). The molecule has 0 radical (unpaired) electrons. The highest BCUT2D eigenvalue weighted by Crippen LogP contribution is 2.43. The van der Waals surface area contributed by atoms with E-state index in [1.165, 1.54) is 16.0 Å². The molecule has 0 saturated heterocycles. The number of carbonyl (C=O) groups is 1. The molecule has 2 heterocycles. The summed E-state index contributed by atoms with van der Waals surface area (Å²) >= 11 is 1.80. The first-order chi connectivity index (χ1) is 7.88. The highest BCUT2D eigenvalue weighted by molar-refractivity contribution is 7.99. The molecule has 16 heavy (non-hydrogen) atoms. The Kier molecular flexibility index (Phi) is 2.33. The first-order valence-electron chi connectivity index (χ1n) is 5.11. The van der Waals surface area contributed by atoms with Gasteiger partial charge in [-0.3, -0.25) is 4.79 Å². The molecule has 0 amide bonds. The second-order valence-electron chi connectivity index (χ2n) is 3.80. The van der Waals surface area contributed by atoms with Gasteiger partial charge in [-0.15, -0.1) is 11.8 Å². The van der Waals surface area contributed by atoms with Gasteiger partial charge in [-0.25, -0.2) is 0 Å². The van der Waals surface area contributed by atoms with Gasteiger partial charge < -0.3 is 4.74 Å². The lowest BCUT2D eigenvalue weighted by Gasteiger charge is -2.29. The van der Waals surface area contributed by atoms with Gasteiger partial charge in [0.05, 0.1) is 6.26 Å². The van der Waals surface area contributed by atoms with Crippen molar-refractivity contribution in [3.8, 4) is 0 Å². The third kappa shape index (κ3) is 1.48. The monoisotopic (exact) mass is 230 g/mol. The summed E-state index contributed by atoms with van der Waals surface area (Å²) in [5, 5.41) is 0. The highest BCUT2D eigenvalue weighted by atomic mass is 32.2. The Hall–Kier alpha value is -1.48. The van der Waals surface area contributed by atoms with E-state index >= 15 is 0 Å². The molecule has 2 aliphatic heterocycles. The number of ether oxygens (including phenoxy) is 1. The standard InChI is InChI=1S/C13H10O2S/c14-6-9-5-10-8-16-12-4-2-1-3-11(12)13(10)15-7-9/h1-7,13H,8H2. The summed E-state index contributed by atoms with van der Waals surface area (Å²) in [6.45, 7) is 0. The zero-order chi connectivity index (χ0) is 11.0. The molecule has 0 saturated carbocycles. The molecule has 0 aliphatic carbocycles. The van der Waals surface area contributed by atoms with Crippen LogP contribution in [0.2, 0.25) is 0 Å². The van der Waals surface area contributed by atoms with Gasteiger partial charge in [0, 0.05) is 21.8 Å². The van der Waals surface area contributed by atoms with Crippen LogP contribution in [0.4, 0.5) is 0 Å². The summed E-state index contributed by atoms with van der Waals surface area (Å²) < 4.78 is 5.64. The van der Waals surface area contributed by atoms with Gasteiger partial charge in [0.2, 0.25) is 0 Å². The minimum Gasteiger partial charge on any atom is -0.488 e. The normalized spacial score (nSPS) is 22.1. The molecule has 0 aromatic heterocycles. The molecule has 0 N–H and O–H groups in total. The number of fused-ring (bicyclic) bond motifs is 3. The van der Waals surface area contributed by atoms with Crippen molar-refractivity contribution in [2.24, 2.45) is 0 Å². The number of hydrogen-bond donors (Lipinski definition) is 0. The van der Waals surface area contributed by atoms with Crippen LogP contribution in [0.25, 0.3) is 0 Å². The average molecular weight is 230 g/mol. The van der Waals surface area contributed by atoms with Crippen molar-refractivity contribution in [1.29, 1.82) is 0 Å². The van der Waals surface area contributed by atoms with E-state index in [4.69, 9.17) is 4.74 Å². The van der Waals surface area contributed by atoms with E-state index < -0.39 is 0 Å². The molecule has 0 bridgehead atoms. The number of hydrogen-bond acceptors (Lipinski definition) is 3. The van der Waals surface area contributed by atoms with Crippen LogP contribution in [0.3, 0.4) is 0 Å². The number of rotatable bonds is 1. The Balaban J connectivity index is 2.03. The fourth-order valence-electron chi connectivity index (χ4n) is 2.00.